The minimum atomic E-state index is 0.890. The van der Waals surface area contributed by atoms with Crippen molar-refractivity contribution in [2.24, 2.45) is 0 Å². The highest BCUT2D eigenvalue weighted by Crippen LogP contribution is 2.05. The van der Waals surface area contributed by atoms with Crippen LogP contribution >= 0.6 is 23.5 Å². The summed E-state index contributed by atoms with van der Waals surface area (Å²) in [7, 11) is 1.75. The predicted octanol–water partition coefficient (Wildman–Crippen LogP) is 2.12. The lowest BCUT2D eigenvalue weighted by atomic mass is 10.9. The Morgan fingerprint density at radius 1 is 1.10 bits per heavy atom. The molecule has 0 bridgehead atoms. The summed E-state index contributed by atoms with van der Waals surface area (Å²) in [6.45, 7) is 3.09. The van der Waals surface area contributed by atoms with Crippen molar-refractivity contribution in [2.75, 3.05) is 36.7 Å². The van der Waals surface area contributed by atoms with Gasteiger partial charge in [-0.25, -0.2) is 0 Å². The maximum atomic E-state index is 4.92. The van der Waals surface area contributed by atoms with E-state index in [9.17, 15) is 0 Å². The molecule has 10 heavy (non-hydrogen) atoms. The Kier molecular flexibility index (Phi) is 10.3. The second-order valence-corrected chi connectivity index (χ2v) is 4.42. The van der Waals surface area contributed by atoms with Crippen molar-refractivity contribution in [1.29, 1.82) is 0 Å². The third-order valence-corrected chi connectivity index (χ3v) is 3.12. The van der Waals surface area contributed by atoms with Crippen molar-refractivity contribution < 1.29 is 4.74 Å². The molecule has 0 saturated carbocycles. The first-order chi connectivity index (χ1) is 4.91. The fraction of sp³-hybridized carbons (Fsp3) is 1.00. The standard InChI is InChI=1S/C7H16OS2/c1-3-9-6-7-10-5-4-8-2/h3-7H2,1-2H3. The van der Waals surface area contributed by atoms with E-state index in [0.29, 0.717) is 0 Å². The van der Waals surface area contributed by atoms with Gasteiger partial charge in [0.2, 0.25) is 0 Å². The highest BCUT2D eigenvalue weighted by molar-refractivity contribution is 8.02. The van der Waals surface area contributed by atoms with Crippen LogP contribution in [0.5, 0.6) is 0 Å². The van der Waals surface area contributed by atoms with Crippen LogP contribution in [0.4, 0.5) is 0 Å². The quantitative estimate of drug-likeness (QED) is 0.555. The fourth-order valence-electron chi connectivity index (χ4n) is 0.507. The molecular weight excluding hydrogens is 164 g/mol. The van der Waals surface area contributed by atoms with Crippen molar-refractivity contribution in [2.45, 2.75) is 6.92 Å². The average molecular weight is 180 g/mol. The summed E-state index contributed by atoms with van der Waals surface area (Å²) in [5.74, 6) is 4.93. The second-order valence-electron chi connectivity index (χ2n) is 1.80. The first kappa shape index (κ1) is 10.7. The molecule has 1 nitrogen and oxygen atoms in total. The third kappa shape index (κ3) is 8.66. The number of hydrogen-bond acceptors (Lipinski definition) is 3. The monoisotopic (exact) mass is 180 g/mol. The summed E-state index contributed by atoms with van der Waals surface area (Å²) < 4.78 is 4.92. The molecule has 0 aromatic carbocycles. The molecule has 0 aromatic heterocycles. The summed E-state index contributed by atoms with van der Waals surface area (Å²) in [6.07, 6.45) is 0. The first-order valence-electron chi connectivity index (χ1n) is 3.56. The molecule has 0 amide bonds. The Balaban J connectivity index is 2.65. The lowest BCUT2D eigenvalue weighted by Crippen LogP contribution is -1.94. The highest BCUT2D eigenvalue weighted by atomic mass is 32.2. The van der Waals surface area contributed by atoms with Gasteiger partial charge in [0.1, 0.15) is 0 Å². The van der Waals surface area contributed by atoms with Crippen LogP contribution in [0.1, 0.15) is 6.92 Å². The lowest BCUT2D eigenvalue weighted by Gasteiger charge is -1.98. The Morgan fingerprint density at radius 3 is 2.40 bits per heavy atom. The summed E-state index contributed by atoms with van der Waals surface area (Å²) in [6, 6.07) is 0. The molecule has 0 fully saturated rings. The van der Waals surface area contributed by atoms with E-state index in [4.69, 9.17) is 4.74 Å². The van der Waals surface area contributed by atoms with Crippen LogP contribution in [0.25, 0.3) is 0 Å². The zero-order chi connectivity index (χ0) is 7.66. The zero-order valence-electron chi connectivity index (χ0n) is 6.76. The SMILES string of the molecule is CCSCCSCCOC. The smallest absolute Gasteiger partial charge is 0.0552 e. The number of methoxy groups -OCH3 is 1. The molecule has 0 aliphatic heterocycles. The molecule has 0 radical (unpaired) electrons. The van der Waals surface area contributed by atoms with Crippen molar-refractivity contribution in [3.05, 3.63) is 0 Å². The summed E-state index contributed by atoms with van der Waals surface area (Å²) >= 11 is 3.98. The van der Waals surface area contributed by atoms with E-state index in [2.05, 4.69) is 6.92 Å². The van der Waals surface area contributed by atoms with Gasteiger partial charge in [0, 0.05) is 24.4 Å². The second kappa shape index (κ2) is 9.66. The van der Waals surface area contributed by atoms with Crippen LogP contribution in [-0.2, 0) is 4.74 Å². The number of hydrogen-bond donors (Lipinski definition) is 0. The maximum absolute atomic E-state index is 4.92. The number of ether oxygens (including phenoxy) is 1. The van der Waals surface area contributed by atoms with Crippen molar-refractivity contribution >= 4 is 23.5 Å². The van der Waals surface area contributed by atoms with E-state index < -0.39 is 0 Å². The molecule has 3 heteroatoms. The van der Waals surface area contributed by atoms with E-state index in [-0.39, 0.29) is 0 Å². The number of rotatable bonds is 7. The molecular formula is C7H16OS2. The van der Waals surface area contributed by atoms with Crippen LogP contribution in [0.15, 0.2) is 0 Å². The fourth-order valence-corrected chi connectivity index (χ4v) is 2.23. The van der Waals surface area contributed by atoms with Crippen molar-refractivity contribution in [3.63, 3.8) is 0 Å². The first-order valence-corrected chi connectivity index (χ1v) is 5.87. The van der Waals surface area contributed by atoms with E-state index in [1.807, 2.05) is 23.5 Å². The predicted molar refractivity (Wildman–Crippen MR) is 52.2 cm³/mol. The van der Waals surface area contributed by atoms with Gasteiger partial charge in [0.15, 0.2) is 0 Å². The Bertz CT molecular complexity index is 51.6. The van der Waals surface area contributed by atoms with E-state index in [0.717, 1.165) is 12.4 Å². The highest BCUT2D eigenvalue weighted by Gasteiger charge is 1.87. The van der Waals surface area contributed by atoms with Gasteiger partial charge < -0.3 is 4.74 Å². The molecule has 0 atom stereocenters. The molecule has 62 valence electrons. The van der Waals surface area contributed by atoms with E-state index in [1.165, 1.54) is 17.3 Å². The Hall–Kier alpha value is 0.660. The molecule has 0 aromatic rings. The van der Waals surface area contributed by atoms with Gasteiger partial charge in [0.05, 0.1) is 6.61 Å². The van der Waals surface area contributed by atoms with E-state index >= 15 is 0 Å². The van der Waals surface area contributed by atoms with Crippen molar-refractivity contribution in [1.82, 2.24) is 0 Å². The molecule has 0 aliphatic carbocycles. The lowest BCUT2D eigenvalue weighted by molar-refractivity contribution is 0.218. The van der Waals surface area contributed by atoms with Crippen LogP contribution in [0.3, 0.4) is 0 Å². The van der Waals surface area contributed by atoms with Gasteiger partial charge in [0.25, 0.3) is 0 Å². The summed E-state index contributed by atoms with van der Waals surface area (Å²) in [5.41, 5.74) is 0. The molecule has 0 heterocycles. The van der Waals surface area contributed by atoms with Gasteiger partial charge in [-0.15, -0.1) is 0 Å². The molecule has 0 spiro atoms. The largest absolute Gasteiger partial charge is 0.384 e. The van der Waals surface area contributed by atoms with Crippen LogP contribution in [-0.4, -0.2) is 36.7 Å². The third-order valence-electron chi connectivity index (χ3n) is 1.01. The van der Waals surface area contributed by atoms with Gasteiger partial charge >= 0.3 is 0 Å². The average Bonchev–Trinajstić information content (AvgIpc) is 1.97. The van der Waals surface area contributed by atoms with Crippen LogP contribution in [0, 0.1) is 0 Å². The minimum absolute atomic E-state index is 0.890. The van der Waals surface area contributed by atoms with Gasteiger partial charge in [-0.3, -0.25) is 0 Å². The minimum Gasteiger partial charge on any atom is -0.384 e. The van der Waals surface area contributed by atoms with Gasteiger partial charge in [-0.1, -0.05) is 6.92 Å². The molecule has 0 aliphatic rings. The topological polar surface area (TPSA) is 9.23 Å². The van der Waals surface area contributed by atoms with Crippen molar-refractivity contribution in [3.8, 4) is 0 Å². The van der Waals surface area contributed by atoms with E-state index in [1.54, 1.807) is 7.11 Å². The normalized spacial score (nSPS) is 10.2. The Labute approximate surface area is 72.3 Å². The number of thioether (sulfide) groups is 2. The maximum Gasteiger partial charge on any atom is 0.0552 e. The van der Waals surface area contributed by atoms with Gasteiger partial charge in [-0.2, -0.15) is 23.5 Å². The summed E-state index contributed by atoms with van der Waals surface area (Å²) in [5, 5.41) is 0. The molecule has 0 unspecified atom stereocenters. The van der Waals surface area contributed by atoms with Crippen LogP contribution in [0.2, 0.25) is 0 Å². The zero-order valence-corrected chi connectivity index (χ0v) is 8.39. The summed E-state index contributed by atoms with van der Waals surface area (Å²) in [4.78, 5) is 0. The van der Waals surface area contributed by atoms with Crippen LogP contribution < -0.4 is 0 Å². The molecule has 0 saturated heterocycles. The molecule has 0 rings (SSSR count). The Morgan fingerprint density at radius 2 is 1.80 bits per heavy atom. The van der Waals surface area contributed by atoms with Gasteiger partial charge in [-0.05, 0) is 5.75 Å². The molecule has 0 N–H and O–H groups in total.